The van der Waals surface area contributed by atoms with E-state index in [-0.39, 0.29) is 0 Å². The summed E-state index contributed by atoms with van der Waals surface area (Å²) < 4.78 is 5.31. The van der Waals surface area contributed by atoms with Crippen LogP contribution in [-0.2, 0) is 6.42 Å². The van der Waals surface area contributed by atoms with Gasteiger partial charge >= 0.3 is 6.01 Å². The Bertz CT molecular complexity index is 515. The summed E-state index contributed by atoms with van der Waals surface area (Å²) in [6, 6.07) is 5.42. The van der Waals surface area contributed by atoms with E-state index < -0.39 is 0 Å². The van der Waals surface area contributed by atoms with Gasteiger partial charge in [0.05, 0.1) is 10.0 Å². The van der Waals surface area contributed by atoms with Crippen molar-refractivity contribution in [2.45, 2.75) is 6.42 Å². The van der Waals surface area contributed by atoms with Crippen LogP contribution in [0.4, 0.5) is 11.7 Å². The Morgan fingerprint density at radius 3 is 2.76 bits per heavy atom. The van der Waals surface area contributed by atoms with Crippen LogP contribution < -0.4 is 11.1 Å². The van der Waals surface area contributed by atoms with Crippen molar-refractivity contribution in [1.29, 1.82) is 0 Å². The Kier molecular flexibility index (Phi) is 3.83. The molecule has 0 bridgehead atoms. The standard InChI is InChI=1S/C10H10Cl2N4O/c11-7-2-1-6(5-8(7)12)14-10-16-15-9(17-10)3-4-13/h1-2,5H,3-4,13H2,(H,14,16). The molecule has 0 amide bonds. The summed E-state index contributed by atoms with van der Waals surface area (Å²) in [5, 5.41) is 11.5. The van der Waals surface area contributed by atoms with Gasteiger partial charge in [0.25, 0.3) is 0 Å². The second-order valence-corrected chi connectivity index (χ2v) is 4.11. The van der Waals surface area contributed by atoms with Crippen molar-refractivity contribution < 1.29 is 4.42 Å². The first-order chi connectivity index (χ1) is 8.19. The number of hydrogen-bond donors (Lipinski definition) is 2. The topological polar surface area (TPSA) is 77.0 Å². The summed E-state index contributed by atoms with van der Waals surface area (Å²) in [5.41, 5.74) is 6.10. The van der Waals surface area contributed by atoms with Gasteiger partial charge in [0, 0.05) is 18.7 Å². The number of nitrogens with zero attached hydrogens (tertiary/aromatic N) is 2. The molecule has 0 aliphatic carbocycles. The number of benzene rings is 1. The van der Waals surface area contributed by atoms with Gasteiger partial charge < -0.3 is 15.5 Å². The van der Waals surface area contributed by atoms with Crippen LogP contribution in [0.1, 0.15) is 5.89 Å². The summed E-state index contributed by atoms with van der Waals surface area (Å²) in [6.45, 7) is 0.467. The van der Waals surface area contributed by atoms with Crippen LogP contribution in [0.5, 0.6) is 0 Å². The van der Waals surface area contributed by atoms with Crippen LogP contribution in [0.15, 0.2) is 22.6 Å². The highest BCUT2D eigenvalue weighted by molar-refractivity contribution is 6.42. The third kappa shape index (κ3) is 3.09. The fraction of sp³-hybridized carbons (Fsp3) is 0.200. The normalized spacial score (nSPS) is 10.5. The van der Waals surface area contributed by atoms with Gasteiger partial charge in [-0.05, 0) is 18.2 Å². The van der Waals surface area contributed by atoms with Crippen molar-refractivity contribution in [1.82, 2.24) is 10.2 Å². The van der Waals surface area contributed by atoms with Gasteiger partial charge in [0.1, 0.15) is 0 Å². The van der Waals surface area contributed by atoms with E-state index in [0.717, 1.165) is 5.69 Å². The molecular weight excluding hydrogens is 263 g/mol. The first-order valence-corrected chi connectivity index (χ1v) is 5.69. The summed E-state index contributed by atoms with van der Waals surface area (Å²) in [4.78, 5) is 0. The first kappa shape index (κ1) is 12.2. The minimum Gasteiger partial charge on any atom is -0.408 e. The van der Waals surface area contributed by atoms with E-state index in [0.29, 0.717) is 34.9 Å². The molecule has 0 aliphatic heterocycles. The van der Waals surface area contributed by atoms with Crippen molar-refractivity contribution in [2.75, 3.05) is 11.9 Å². The molecular formula is C10H10Cl2N4O. The molecule has 1 heterocycles. The first-order valence-electron chi connectivity index (χ1n) is 4.93. The number of nitrogens with two attached hydrogens (primary N) is 1. The lowest BCUT2D eigenvalue weighted by atomic mass is 10.3. The second-order valence-electron chi connectivity index (χ2n) is 3.29. The molecule has 7 heteroatoms. The lowest BCUT2D eigenvalue weighted by molar-refractivity contribution is 0.510. The average Bonchev–Trinajstić information content (AvgIpc) is 2.72. The lowest BCUT2D eigenvalue weighted by Gasteiger charge is -2.02. The van der Waals surface area contributed by atoms with Crippen LogP contribution in [0.3, 0.4) is 0 Å². The highest BCUT2D eigenvalue weighted by atomic mass is 35.5. The van der Waals surface area contributed by atoms with E-state index in [1.54, 1.807) is 18.2 Å². The zero-order chi connectivity index (χ0) is 12.3. The number of halogens is 2. The zero-order valence-corrected chi connectivity index (χ0v) is 10.3. The fourth-order valence-corrected chi connectivity index (χ4v) is 1.52. The maximum absolute atomic E-state index is 5.88. The molecule has 0 radical (unpaired) electrons. The van der Waals surface area contributed by atoms with Crippen molar-refractivity contribution in [3.05, 3.63) is 34.1 Å². The van der Waals surface area contributed by atoms with E-state index in [1.807, 2.05) is 0 Å². The molecule has 2 aromatic rings. The minimum absolute atomic E-state index is 0.298. The molecule has 2 rings (SSSR count). The molecule has 0 atom stereocenters. The summed E-state index contributed by atoms with van der Waals surface area (Å²) in [5.74, 6) is 0.495. The Morgan fingerprint density at radius 1 is 1.24 bits per heavy atom. The SMILES string of the molecule is NCCc1nnc(Nc2ccc(Cl)c(Cl)c2)o1. The van der Waals surface area contributed by atoms with E-state index in [1.165, 1.54) is 0 Å². The van der Waals surface area contributed by atoms with Crippen LogP contribution in [0.25, 0.3) is 0 Å². The zero-order valence-electron chi connectivity index (χ0n) is 8.78. The van der Waals surface area contributed by atoms with Gasteiger partial charge in [-0.15, -0.1) is 5.10 Å². The van der Waals surface area contributed by atoms with Gasteiger partial charge in [0.15, 0.2) is 0 Å². The molecule has 90 valence electrons. The second kappa shape index (κ2) is 5.35. The molecule has 0 spiro atoms. The van der Waals surface area contributed by atoms with Gasteiger partial charge in [-0.2, -0.15) is 0 Å². The molecule has 5 nitrogen and oxygen atoms in total. The molecule has 0 saturated heterocycles. The molecule has 0 saturated carbocycles. The van der Waals surface area contributed by atoms with Crippen LogP contribution >= 0.6 is 23.2 Å². The molecule has 1 aromatic heterocycles. The van der Waals surface area contributed by atoms with Crippen molar-refractivity contribution in [2.24, 2.45) is 5.73 Å². The number of anilines is 2. The van der Waals surface area contributed by atoms with E-state index >= 15 is 0 Å². The largest absolute Gasteiger partial charge is 0.408 e. The number of rotatable bonds is 4. The highest BCUT2D eigenvalue weighted by Gasteiger charge is 2.06. The van der Waals surface area contributed by atoms with Crippen molar-refractivity contribution in [3.63, 3.8) is 0 Å². The van der Waals surface area contributed by atoms with Crippen LogP contribution in [0, 0.1) is 0 Å². The quantitative estimate of drug-likeness (QED) is 0.895. The van der Waals surface area contributed by atoms with E-state index in [9.17, 15) is 0 Å². The molecule has 3 N–H and O–H groups in total. The minimum atomic E-state index is 0.298. The maximum atomic E-state index is 5.88. The Labute approximate surface area is 108 Å². The van der Waals surface area contributed by atoms with Crippen LogP contribution in [0.2, 0.25) is 10.0 Å². The van der Waals surface area contributed by atoms with Crippen molar-refractivity contribution >= 4 is 34.9 Å². The lowest BCUT2D eigenvalue weighted by Crippen LogP contribution is -2.02. The number of nitrogens with one attached hydrogen (secondary N) is 1. The van der Waals surface area contributed by atoms with E-state index in [4.69, 9.17) is 33.4 Å². The van der Waals surface area contributed by atoms with Crippen LogP contribution in [-0.4, -0.2) is 16.7 Å². The van der Waals surface area contributed by atoms with E-state index in [2.05, 4.69) is 15.5 Å². The number of hydrogen-bond acceptors (Lipinski definition) is 5. The Hall–Kier alpha value is -1.30. The third-order valence-electron chi connectivity index (χ3n) is 2.00. The van der Waals surface area contributed by atoms with Gasteiger partial charge in [-0.1, -0.05) is 28.3 Å². The summed E-state index contributed by atoms with van der Waals surface area (Å²) in [6.07, 6.45) is 0.552. The summed E-state index contributed by atoms with van der Waals surface area (Å²) >= 11 is 11.7. The Morgan fingerprint density at radius 2 is 2.06 bits per heavy atom. The number of aromatic nitrogens is 2. The highest BCUT2D eigenvalue weighted by Crippen LogP contribution is 2.26. The smallest absolute Gasteiger partial charge is 0.320 e. The molecule has 0 fully saturated rings. The third-order valence-corrected chi connectivity index (χ3v) is 2.73. The summed E-state index contributed by atoms with van der Waals surface area (Å²) in [7, 11) is 0. The molecule has 0 unspecified atom stereocenters. The van der Waals surface area contributed by atoms with Crippen molar-refractivity contribution in [3.8, 4) is 0 Å². The fourth-order valence-electron chi connectivity index (χ4n) is 1.23. The monoisotopic (exact) mass is 272 g/mol. The average molecular weight is 273 g/mol. The maximum Gasteiger partial charge on any atom is 0.320 e. The Balaban J connectivity index is 2.11. The molecule has 0 aliphatic rings. The molecule has 17 heavy (non-hydrogen) atoms. The van der Waals surface area contributed by atoms with Gasteiger partial charge in [-0.3, -0.25) is 0 Å². The predicted octanol–water partition coefficient (Wildman–Crippen LogP) is 2.62. The predicted molar refractivity (Wildman–Crippen MR) is 66.8 cm³/mol. The molecule has 1 aromatic carbocycles. The van der Waals surface area contributed by atoms with Gasteiger partial charge in [-0.25, -0.2) is 0 Å². The van der Waals surface area contributed by atoms with Gasteiger partial charge in [0.2, 0.25) is 5.89 Å².